The van der Waals surface area contributed by atoms with E-state index in [1.807, 2.05) is 32.0 Å². The summed E-state index contributed by atoms with van der Waals surface area (Å²) in [4.78, 5) is 50.9. The molecule has 2 aliphatic carbocycles. The number of benzene rings is 1. The number of rotatable bonds is 7. The lowest BCUT2D eigenvalue weighted by molar-refractivity contribution is -0.154. The first kappa shape index (κ1) is 20.6. The Balaban J connectivity index is 1.32. The molecule has 3 aliphatic rings. The van der Waals surface area contributed by atoms with Crippen LogP contribution >= 0.6 is 0 Å². The molecule has 1 N–H and O–H groups in total. The molecule has 0 spiro atoms. The van der Waals surface area contributed by atoms with E-state index in [0.29, 0.717) is 0 Å². The average molecular weight is 412 g/mol. The Hall–Kier alpha value is -2.70. The van der Waals surface area contributed by atoms with Crippen molar-refractivity contribution in [2.45, 2.75) is 46.0 Å². The number of imide groups is 1. The third kappa shape index (κ3) is 3.50. The van der Waals surface area contributed by atoms with E-state index in [9.17, 15) is 19.2 Å². The molecule has 7 nitrogen and oxygen atoms in total. The van der Waals surface area contributed by atoms with Crippen molar-refractivity contribution in [3.8, 4) is 0 Å². The maximum Gasteiger partial charge on any atom is 0.326 e. The summed E-state index contributed by atoms with van der Waals surface area (Å²) in [6.07, 6.45) is 4.47. The number of likely N-dealkylation sites (tertiary alicyclic amines) is 1. The van der Waals surface area contributed by atoms with Crippen LogP contribution in [-0.4, -0.2) is 41.7 Å². The third-order valence-corrected chi connectivity index (χ3v) is 6.93. The van der Waals surface area contributed by atoms with Crippen molar-refractivity contribution in [3.63, 3.8) is 0 Å². The summed E-state index contributed by atoms with van der Waals surface area (Å²) in [5.41, 5.74) is 2.80. The average Bonchev–Trinajstić information content (AvgIpc) is 3.42. The molecule has 1 aromatic carbocycles. The molecule has 7 heteroatoms. The van der Waals surface area contributed by atoms with Gasteiger partial charge in [0.15, 0.2) is 6.61 Å². The monoisotopic (exact) mass is 412 g/mol. The minimum atomic E-state index is -0.737. The molecule has 160 valence electrons. The molecular weight excluding hydrogens is 384 g/mol. The van der Waals surface area contributed by atoms with Crippen LogP contribution in [0.4, 0.5) is 5.69 Å². The molecule has 0 aromatic heterocycles. The first-order chi connectivity index (χ1) is 14.4. The fraction of sp³-hybridized carbons (Fsp3) is 0.565. The van der Waals surface area contributed by atoms with E-state index in [2.05, 4.69) is 5.32 Å². The van der Waals surface area contributed by atoms with Crippen LogP contribution in [0.5, 0.6) is 0 Å². The molecule has 30 heavy (non-hydrogen) atoms. The van der Waals surface area contributed by atoms with Crippen molar-refractivity contribution in [3.05, 3.63) is 29.3 Å². The number of esters is 1. The minimum absolute atomic E-state index is 0.247. The van der Waals surface area contributed by atoms with Crippen LogP contribution in [0.15, 0.2) is 18.2 Å². The van der Waals surface area contributed by atoms with Gasteiger partial charge in [-0.1, -0.05) is 32.0 Å². The zero-order valence-electron chi connectivity index (χ0n) is 17.5. The number of fused-ring (bicyclic) bond motifs is 5. The fourth-order valence-corrected chi connectivity index (χ4v) is 5.53. The Kier molecular flexibility index (Phi) is 5.62. The van der Waals surface area contributed by atoms with E-state index in [4.69, 9.17) is 4.74 Å². The number of ether oxygens (including phenoxy) is 1. The summed E-state index contributed by atoms with van der Waals surface area (Å²) in [5, 5.41) is 2.84. The predicted octanol–water partition coefficient (Wildman–Crippen LogP) is 2.32. The Labute approximate surface area is 176 Å². The van der Waals surface area contributed by atoms with E-state index in [0.717, 1.165) is 53.8 Å². The van der Waals surface area contributed by atoms with Gasteiger partial charge in [-0.05, 0) is 55.1 Å². The van der Waals surface area contributed by atoms with Gasteiger partial charge in [0.1, 0.15) is 6.54 Å². The van der Waals surface area contributed by atoms with Crippen molar-refractivity contribution in [2.24, 2.45) is 23.7 Å². The zero-order valence-corrected chi connectivity index (χ0v) is 17.5. The van der Waals surface area contributed by atoms with Gasteiger partial charge >= 0.3 is 5.97 Å². The topological polar surface area (TPSA) is 92.8 Å². The summed E-state index contributed by atoms with van der Waals surface area (Å²) in [6, 6.07) is 5.86. The van der Waals surface area contributed by atoms with Gasteiger partial charge in [0.25, 0.3) is 5.91 Å². The molecule has 2 saturated carbocycles. The molecule has 2 bridgehead atoms. The maximum atomic E-state index is 12.7. The smallest absolute Gasteiger partial charge is 0.326 e. The van der Waals surface area contributed by atoms with Crippen molar-refractivity contribution >= 4 is 29.4 Å². The number of para-hydroxylation sites is 1. The van der Waals surface area contributed by atoms with Gasteiger partial charge in [0.2, 0.25) is 11.8 Å². The first-order valence-electron chi connectivity index (χ1n) is 10.9. The number of carbonyl (C=O) groups is 4. The molecule has 4 atom stereocenters. The summed E-state index contributed by atoms with van der Waals surface area (Å²) < 4.78 is 5.08. The van der Waals surface area contributed by atoms with Crippen LogP contribution < -0.4 is 5.32 Å². The van der Waals surface area contributed by atoms with E-state index in [1.165, 1.54) is 0 Å². The summed E-state index contributed by atoms with van der Waals surface area (Å²) in [6.45, 7) is 3.16. The van der Waals surface area contributed by atoms with Crippen molar-refractivity contribution in [1.82, 2.24) is 4.90 Å². The maximum absolute atomic E-state index is 12.7. The van der Waals surface area contributed by atoms with Crippen LogP contribution in [-0.2, 0) is 36.8 Å². The van der Waals surface area contributed by atoms with E-state index in [-0.39, 0.29) is 35.5 Å². The number of nitrogens with one attached hydrogen (secondary N) is 1. The zero-order chi connectivity index (χ0) is 21.4. The number of amides is 3. The van der Waals surface area contributed by atoms with Gasteiger partial charge in [-0.15, -0.1) is 0 Å². The van der Waals surface area contributed by atoms with E-state index < -0.39 is 25.0 Å². The van der Waals surface area contributed by atoms with Crippen molar-refractivity contribution < 1.29 is 23.9 Å². The number of hydrogen-bond donors (Lipinski definition) is 1. The SMILES string of the molecule is CCc1cccc(CC)c1NC(=O)COC(=O)CN1C(=O)[C@@H]2[C@@H]3CC[C@@H](C3)[C@@H]2C1=O. The van der Waals surface area contributed by atoms with Crippen molar-refractivity contribution in [1.29, 1.82) is 0 Å². The number of anilines is 1. The lowest BCUT2D eigenvalue weighted by Crippen LogP contribution is -2.38. The molecule has 1 saturated heterocycles. The van der Waals surface area contributed by atoms with Gasteiger partial charge in [0, 0.05) is 5.69 Å². The second kappa shape index (κ2) is 8.20. The number of carbonyl (C=O) groups excluding carboxylic acids is 4. The van der Waals surface area contributed by atoms with Crippen LogP contribution in [0, 0.1) is 23.7 Å². The first-order valence-corrected chi connectivity index (χ1v) is 10.9. The van der Waals surface area contributed by atoms with E-state index in [1.54, 1.807) is 0 Å². The van der Waals surface area contributed by atoms with Gasteiger partial charge in [-0.3, -0.25) is 24.1 Å². The highest BCUT2D eigenvalue weighted by molar-refractivity contribution is 6.08. The Bertz CT molecular complexity index is 845. The molecule has 0 radical (unpaired) electrons. The number of nitrogens with zero attached hydrogens (tertiary/aromatic N) is 1. The lowest BCUT2D eigenvalue weighted by atomic mass is 9.81. The standard InChI is InChI=1S/C23H28N2O5/c1-3-13-6-5-7-14(4-2)21(13)24-17(26)12-30-18(27)11-25-22(28)19-15-8-9-16(10-15)20(19)23(25)29/h5-7,15-16,19-20H,3-4,8-12H2,1-2H3,(H,24,26)/t15-,16+,19-,20+. The molecule has 3 fully saturated rings. The molecule has 3 amide bonds. The van der Waals surface area contributed by atoms with Crippen LogP contribution in [0.2, 0.25) is 0 Å². The van der Waals surface area contributed by atoms with Gasteiger partial charge in [0.05, 0.1) is 11.8 Å². The number of hydrogen-bond acceptors (Lipinski definition) is 5. The quantitative estimate of drug-likeness (QED) is 0.548. The largest absolute Gasteiger partial charge is 0.454 e. The highest BCUT2D eigenvalue weighted by Gasteiger charge is 2.61. The van der Waals surface area contributed by atoms with Crippen LogP contribution in [0.25, 0.3) is 0 Å². The van der Waals surface area contributed by atoms with Crippen LogP contribution in [0.1, 0.15) is 44.2 Å². The Morgan fingerprint density at radius 2 is 1.60 bits per heavy atom. The molecule has 1 aromatic rings. The molecule has 4 rings (SSSR count). The highest BCUT2D eigenvalue weighted by Crippen LogP contribution is 2.56. The summed E-state index contributed by atoms with van der Waals surface area (Å²) in [5.74, 6) is -1.64. The molecule has 0 unspecified atom stereocenters. The predicted molar refractivity (Wildman–Crippen MR) is 109 cm³/mol. The third-order valence-electron chi connectivity index (χ3n) is 6.93. The number of aryl methyl sites for hydroxylation is 2. The van der Waals surface area contributed by atoms with Crippen molar-refractivity contribution in [2.75, 3.05) is 18.5 Å². The second-order valence-electron chi connectivity index (χ2n) is 8.51. The summed E-state index contributed by atoms with van der Waals surface area (Å²) >= 11 is 0. The van der Waals surface area contributed by atoms with Crippen LogP contribution in [0.3, 0.4) is 0 Å². The Morgan fingerprint density at radius 3 is 2.13 bits per heavy atom. The fourth-order valence-electron chi connectivity index (χ4n) is 5.53. The van der Waals surface area contributed by atoms with Gasteiger partial charge in [-0.25, -0.2) is 0 Å². The minimum Gasteiger partial charge on any atom is -0.454 e. The van der Waals surface area contributed by atoms with E-state index >= 15 is 0 Å². The second-order valence-corrected chi connectivity index (χ2v) is 8.51. The molecule has 1 aliphatic heterocycles. The normalized spacial score (nSPS) is 26.8. The Morgan fingerprint density at radius 1 is 1.03 bits per heavy atom. The molecule has 1 heterocycles. The van der Waals surface area contributed by atoms with Gasteiger partial charge < -0.3 is 10.1 Å². The summed E-state index contributed by atoms with van der Waals surface area (Å²) in [7, 11) is 0. The van der Waals surface area contributed by atoms with Gasteiger partial charge in [-0.2, -0.15) is 0 Å². The highest BCUT2D eigenvalue weighted by atomic mass is 16.5. The molecular formula is C23H28N2O5. The lowest BCUT2D eigenvalue weighted by Gasteiger charge is -2.19.